The second-order valence-corrected chi connectivity index (χ2v) is 7.57. The Labute approximate surface area is 169 Å². The number of thioether (sulfide) groups is 1. The number of rotatable bonds is 7. The van der Waals surface area contributed by atoms with Crippen molar-refractivity contribution in [2.75, 3.05) is 26.0 Å². The molecule has 0 aliphatic heterocycles. The van der Waals surface area contributed by atoms with Gasteiger partial charge in [0.15, 0.2) is 0 Å². The topological polar surface area (TPSA) is 58.6 Å². The number of amides is 2. The zero-order valence-corrected chi connectivity index (χ0v) is 17.2. The van der Waals surface area contributed by atoms with Crippen LogP contribution in [0.4, 0.5) is 10.5 Å². The van der Waals surface area contributed by atoms with E-state index in [2.05, 4.69) is 5.32 Å². The Kier molecular flexibility index (Phi) is 8.00. The standard InChI is InChI=1S/C20H23ClN2O3S/c1-14-13-15(10-11-16(14)21)26-12-6-9-19(24)22-17-7-4-5-8-18(17)27-20(25)23(2)3/h4-5,7-8,10-11,13H,6,9,12H2,1-3H3,(H,22,24). The summed E-state index contributed by atoms with van der Waals surface area (Å²) >= 11 is 7.07. The van der Waals surface area contributed by atoms with Gasteiger partial charge in [-0.3, -0.25) is 9.59 Å². The average Bonchev–Trinajstić information content (AvgIpc) is 2.63. The van der Waals surface area contributed by atoms with E-state index in [1.165, 1.54) is 4.90 Å². The van der Waals surface area contributed by atoms with Crippen molar-refractivity contribution in [1.82, 2.24) is 4.90 Å². The molecule has 0 saturated heterocycles. The van der Waals surface area contributed by atoms with E-state index in [9.17, 15) is 9.59 Å². The van der Waals surface area contributed by atoms with Crippen LogP contribution in [0, 0.1) is 6.92 Å². The molecule has 1 N–H and O–H groups in total. The molecular weight excluding hydrogens is 384 g/mol. The third kappa shape index (κ3) is 6.81. The Bertz CT molecular complexity index is 812. The summed E-state index contributed by atoms with van der Waals surface area (Å²) in [4.78, 5) is 26.3. The molecule has 27 heavy (non-hydrogen) atoms. The molecule has 0 heterocycles. The first-order valence-corrected chi connectivity index (χ1v) is 9.73. The summed E-state index contributed by atoms with van der Waals surface area (Å²) in [7, 11) is 3.39. The zero-order chi connectivity index (χ0) is 19.8. The van der Waals surface area contributed by atoms with Crippen molar-refractivity contribution in [2.45, 2.75) is 24.7 Å². The van der Waals surface area contributed by atoms with Gasteiger partial charge in [0.2, 0.25) is 5.91 Å². The SMILES string of the molecule is Cc1cc(OCCCC(=O)Nc2ccccc2SC(=O)N(C)C)ccc1Cl. The summed E-state index contributed by atoms with van der Waals surface area (Å²) in [5, 5.41) is 3.47. The molecular formula is C20H23ClN2O3S. The number of hydrogen-bond donors (Lipinski definition) is 1. The molecule has 0 saturated carbocycles. The van der Waals surface area contributed by atoms with E-state index in [1.807, 2.05) is 37.3 Å². The summed E-state index contributed by atoms with van der Waals surface area (Å²) in [6.45, 7) is 2.35. The molecule has 0 radical (unpaired) electrons. The molecule has 144 valence electrons. The maximum atomic E-state index is 12.2. The summed E-state index contributed by atoms with van der Waals surface area (Å²) < 4.78 is 5.65. The van der Waals surface area contributed by atoms with Crippen molar-refractivity contribution in [1.29, 1.82) is 0 Å². The van der Waals surface area contributed by atoms with Gasteiger partial charge < -0.3 is 15.0 Å². The van der Waals surface area contributed by atoms with Gasteiger partial charge in [-0.1, -0.05) is 23.7 Å². The van der Waals surface area contributed by atoms with Crippen LogP contribution in [0.3, 0.4) is 0 Å². The molecule has 0 aliphatic rings. The number of nitrogens with zero attached hydrogens (tertiary/aromatic N) is 1. The fraction of sp³-hybridized carbons (Fsp3) is 0.300. The number of para-hydroxylation sites is 1. The van der Waals surface area contributed by atoms with Gasteiger partial charge in [-0.2, -0.15) is 0 Å². The molecule has 0 spiro atoms. The van der Waals surface area contributed by atoms with Gasteiger partial charge in [0.1, 0.15) is 5.75 Å². The van der Waals surface area contributed by atoms with E-state index < -0.39 is 0 Å². The first kappa shape index (κ1) is 21.1. The number of halogens is 1. The fourth-order valence-corrected chi connectivity index (χ4v) is 3.05. The lowest BCUT2D eigenvalue weighted by molar-refractivity contribution is -0.116. The number of nitrogens with one attached hydrogen (secondary N) is 1. The van der Waals surface area contributed by atoms with Crippen LogP contribution in [-0.4, -0.2) is 36.7 Å². The number of ether oxygens (including phenoxy) is 1. The molecule has 5 nitrogen and oxygen atoms in total. The van der Waals surface area contributed by atoms with Crippen molar-refractivity contribution < 1.29 is 14.3 Å². The van der Waals surface area contributed by atoms with Gasteiger partial charge in [-0.05, 0) is 61.0 Å². The van der Waals surface area contributed by atoms with Crippen molar-refractivity contribution >= 4 is 40.2 Å². The number of hydrogen-bond acceptors (Lipinski definition) is 4. The summed E-state index contributed by atoms with van der Waals surface area (Å²) in [5.41, 5.74) is 1.59. The maximum Gasteiger partial charge on any atom is 0.286 e. The van der Waals surface area contributed by atoms with Gasteiger partial charge in [0.25, 0.3) is 5.24 Å². The van der Waals surface area contributed by atoms with Gasteiger partial charge in [0, 0.05) is 30.4 Å². The summed E-state index contributed by atoms with van der Waals surface area (Å²) in [6.07, 6.45) is 0.909. The van der Waals surface area contributed by atoms with Crippen LogP contribution >= 0.6 is 23.4 Å². The van der Waals surface area contributed by atoms with Gasteiger partial charge in [0.05, 0.1) is 12.3 Å². The van der Waals surface area contributed by atoms with Crippen molar-refractivity contribution in [3.05, 3.63) is 53.1 Å². The van der Waals surface area contributed by atoms with Crippen LogP contribution in [-0.2, 0) is 4.79 Å². The Morgan fingerprint density at radius 1 is 1.19 bits per heavy atom. The second-order valence-electron chi connectivity index (χ2n) is 6.17. The van der Waals surface area contributed by atoms with Crippen LogP contribution in [0.2, 0.25) is 5.02 Å². The van der Waals surface area contributed by atoms with E-state index in [0.29, 0.717) is 30.2 Å². The third-order valence-electron chi connectivity index (χ3n) is 3.67. The van der Waals surface area contributed by atoms with E-state index in [-0.39, 0.29) is 11.1 Å². The average molecular weight is 407 g/mol. The Balaban J connectivity index is 1.82. The molecule has 0 fully saturated rings. The lowest BCUT2D eigenvalue weighted by Gasteiger charge is -2.13. The molecule has 2 aromatic rings. The van der Waals surface area contributed by atoms with Crippen molar-refractivity contribution in [3.8, 4) is 5.75 Å². The Morgan fingerprint density at radius 2 is 1.93 bits per heavy atom. The lowest BCUT2D eigenvalue weighted by Crippen LogP contribution is -2.17. The minimum atomic E-state index is -0.115. The smallest absolute Gasteiger partial charge is 0.286 e. The molecule has 2 amide bonds. The second kappa shape index (κ2) is 10.2. The van der Waals surface area contributed by atoms with Crippen molar-refractivity contribution in [2.24, 2.45) is 0 Å². The van der Waals surface area contributed by atoms with Crippen LogP contribution < -0.4 is 10.1 Å². The van der Waals surface area contributed by atoms with E-state index in [4.69, 9.17) is 16.3 Å². The van der Waals surface area contributed by atoms with E-state index in [0.717, 1.165) is 28.0 Å². The predicted octanol–water partition coefficient (Wildman–Crippen LogP) is 5.22. The highest BCUT2D eigenvalue weighted by molar-refractivity contribution is 8.13. The van der Waals surface area contributed by atoms with Crippen LogP contribution in [0.25, 0.3) is 0 Å². The van der Waals surface area contributed by atoms with Gasteiger partial charge in [-0.15, -0.1) is 0 Å². The van der Waals surface area contributed by atoms with Crippen LogP contribution in [0.5, 0.6) is 5.75 Å². The molecule has 0 aromatic heterocycles. The summed E-state index contributed by atoms with van der Waals surface area (Å²) in [5.74, 6) is 0.623. The zero-order valence-electron chi connectivity index (χ0n) is 15.6. The van der Waals surface area contributed by atoms with Gasteiger partial charge >= 0.3 is 0 Å². The molecule has 0 unspecified atom stereocenters. The Morgan fingerprint density at radius 3 is 2.63 bits per heavy atom. The number of anilines is 1. The minimum absolute atomic E-state index is 0.0941. The normalized spacial score (nSPS) is 10.4. The monoisotopic (exact) mass is 406 g/mol. The van der Waals surface area contributed by atoms with Crippen molar-refractivity contribution in [3.63, 3.8) is 0 Å². The van der Waals surface area contributed by atoms with Crippen LogP contribution in [0.15, 0.2) is 47.4 Å². The first-order chi connectivity index (χ1) is 12.9. The molecule has 0 atom stereocenters. The highest BCUT2D eigenvalue weighted by atomic mass is 35.5. The highest BCUT2D eigenvalue weighted by Crippen LogP contribution is 2.28. The van der Waals surface area contributed by atoms with Crippen LogP contribution in [0.1, 0.15) is 18.4 Å². The third-order valence-corrected chi connectivity index (χ3v) is 5.21. The summed E-state index contributed by atoms with van der Waals surface area (Å²) in [6, 6.07) is 12.7. The molecule has 7 heteroatoms. The predicted molar refractivity (Wildman–Crippen MR) is 111 cm³/mol. The molecule has 0 bridgehead atoms. The maximum absolute atomic E-state index is 12.2. The molecule has 2 rings (SSSR count). The first-order valence-electron chi connectivity index (χ1n) is 8.54. The highest BCUT2D eigenvalue weighted by Gasteiger charge is 2.12. The molecule has 0 aliphatic carbocycles. The number of aryl methyl sites for hydroxylation is 1. The van der Waals surface area contributed by atoms with E-state index in [1.54, 1.807) is 26.2 Å². The fourth-order valence-electron chi connectivity index (χ4n) is 2.19. The lowest BCUT2D eigenvalue weighted by atomic mass is 10.2. The quantitative estimate of drug-likeness (QED) is 0.505. The number of carbonyl (C=O) groups is 2. The molecule has 2 aromatic carbocycles. The number of carbonyl (C=O) groups excluding carboxylic acids is 2. The van der Waals surface area contributed by atoms with E-state index >= 15 is 0 Å². The largest absolute Gasteiger partial charge is 0.494 e. The minimum Gasteiger partial charge on any atom is -0.494 e. The number of benzene rings is 2. The van der Waals surface area contributed by atoms with Gasteiger partial charge in [-0.25, -0.2) is 0 Å². The Hall–Kier alpha value is -2.18.